The highest BCUT2D eigenvalue weighted by Crippen LogP contribution is 2.14. The molecule has 1 rings (SSSR count). The van der Waals surface area contributed by atoms with Crippen LogP contribution in [0.1, 0.15) is 25.8 Å². The van der Waals surface area contributed by atoms with Gasteiger partial charge in [0.05, 0.1) is 4.90 Å². The van der Waals surface area contributed by atoms with Crippen molar-refractivity contribution >= 4 is 19.7 Å². The Morgan fingerprint density at radius 3 is 1.79 bits per heavy atom. The van der Waals surface area contributed by atoms with Gasteiger partial charge >= 0.3 is 0 Å². The molecule has 0 heterocycles. The number of aryl methyl sites for hydroxylation is 1. The zero-order chi connectivity index (χ0) is 11.2. The van der Waals surface area contributed by atoms with Crippen molar-refractivity contribution < 1.29 is 8.42 Å². The van der Waals surface area contributed by atoms with Crippen LogP contribution in [-0.4, -0.2) is 8.42 Å². The van der Waals surface area contributed by atoms with Crippen LogP contribution in [0.2, 0.25) is 0 Å². The van der Waals surface area contributed by atoms with Crippen LogP contribution in [-0.2, 0) is 9.05 Å². The Morgan fingerprint density at radius 2 is 1.50 bits per heavy atom. The van der Waals surface area contributed by atoms with E-state index >= 15 is 0 Å². The van der Waals surface area contributed by atoms with Gasteiger partial charge in [0, 0.05) is 10.7 Å². The van der Waals surface area contributed by atoms with E-state index in [-0.39, 0.29) is 4.90 Å². The number of rotatable bonds is 1. The summed E-state index contributed by atoms with van der Waals surface area (Å²) in [6, 6.07) is 6.37. The largest absolute Gasteiger partial charge is 0.261 e. The second kappa shape index (κ2) is 6.04. The summed E-state index contributed by atoms with van der Waals surface area (Å²) in [7, 11) is 1.54. The van der Waals surface area contributed by atoms with Crippen LogP contribution in [0.15, 0.2) is 29.2 Å². The summed E-state index contributed by atoms with van der Waals surface area (Å²) in [5.74, 6) is 0. The highest BCUT2D eigenvalue weighted by Gasteiger charge is 2.07. The van der Waals surface area contributed by atoms with Gasteiger partial charge in [0.25, 0.3) is 9.05 Å². The third-order valence-corrected chi connectivity index (χ3v) is 2.67. The van der Waals surface area contributed by atoms with E-state index in [9.17, 15) is 8.42 Å². The molecule has 0 saturated heterocycles. The molecule has 1 aromatic carbocycles. The normalized spacial score (nSPS) is 10.3. The van der Waals surface area contributed by atoms with Crippen LogP contribution in [0.25, 0.3) is 0 Å². The van der Waals surface area contributed by atoms with Gasteiger partial charge in [-0.1, -0.05) is 38.0 Å². The topological polar surface area (TPSA) is 34.1 Å². The lowest BCUT2D eigenvalue weighted by Crippen LogP contribution is -1.89. The lowest BCUT2D eigenvalue weighted by atomic mass is 10.2. The molecule has 80 valence electrons. The summed E-state index contributed by atoms with van der Waals surface area (Å²) < 4.78 is 21.4. The van der Waals surface area contributed by atoms with Gasteiger partial charge in [-0.05, 0) is 19.1 Å². The minimum Gasteiger partial charge on any atom is -0.207 e. The van der Waals surface area contributed by atoms with E-state index in [1.54, 1.807) is 12.1 Å². The third-order valence-electron chi connectivity index (χ3n) is 1.30. The summed E-state index contributed by atoms with van der Waals surface area (Å²) in [6.07, 6.45) is 1.25. The first-order valence-electron chi connectivity index (χ1n) is 4.43. The third kappa shape index (κ3) is 5.25. The molecule has 0 aliphatic rings. The molecule has 0 amide bonds. The molecule has 0 spiro atoms. The summed E-state index contributed by atoms with van der Waals surface area (Å²) in [5, 5.41) is 0. The zero-order valence-electron chi connectivity index (χ0n) is 8.62. The Kier molecular flexibility index (Phi) is 5.81. The van der Waals surface area contributed by atoms with Crippen LogP contribution in [0, 0.1) is 6.92 Å². The molecule has 0 unspecified atom stereocenters. The molecule has 0 aliphatic heterocycles. The maximum Gasteiger partial charge on any atom is 0.261 e. The Labute approximate surface area is 90.3 Å². The van der Waals surface area contributed by atoms with E-state index in [2.05, 4.69) is 13.8 Å². The monoisotopic (exact) mass is 234 g/mol. The fraction of sp³-hybridized carbons (Fsp3) is 0.400. The molecule has 0 aromatic heterocycles. The predicted octanol–water partition coefficient (Wildman–Crippen LogP) is 3.34. The molecule has 0 radical (unpaired) electrons. The molecular weight excluding hydrogens is 220 g/mol. The van der Waals surface area contributed by atoms with Crippen molar-refractivity contribution in [2.24, 2.45) is 0 Å². The molecule has 1 aromatic rings. The molecule has 2 nitrogen and oxygen atoms in total. The van der Waals surface area contributed by atoms with Crippen molar-refractivity contribution in [3.05, 3.63) is 29.8 Å². The second-order valence-corrected chi connectivity index (χ2v) is 5.52. The SMILES string of the molecule is CCC.Cc1ccc(S(=O)(=O)Cl)cc1. The predicted molar refractivity (Wildman–Crippen MR) is 60.2 cm³/mol. The maximum atomic E-state index is 10.7. The molecule has 4 heteroatoms. The van der Waals surface area contributed by atoms with Crippen LogP contribution in [0.4, 0.5) is 0 Å². The fourth-order valence-electron chi connectivity index (χ4n) is 0.701. The van der Waals surface area contributed by atoms with Crippen LogP contribution in [0.3, 0.4) is 0 Å². The number of benzene rings is 1. The minimum absolute atomic E-state index is 0.143. The van der Waals surface area contributed by atoms with Gasteiger partial charge in [0.2, 0.25) is 0 Å². The van der Waals surface area contributed by atoms with Crippen molar-refractivity contribution in [3.63, 3.8) is 0 Å². The number of halogens is 1. The van der Waals surface area contributed by atoms with Gasteiger partial charge in [-0.3, -0.25) is 0 Å². The molecule has 0 N–H and O–H groups in total. The summed E-state index contributed by atoms with van der Waals surface area (Å²) in [6.45, 7) is 6.13. The Morgan fingerprint density at radius 1 is 1.14 bits per heavy atom. The average molecular weight is 235 g/mol. The van der Waals surface area contributed by atoms with Gasteiger partial charge in [-0.2, -0.15) is 0 Å². The van der Waals surface area contributed by atoms with Gasteiger partial charge in [-0.15, -0.1) is 0 Å². The van der Waals surface area contributed by atoms with E-state index in [1.807, 2.05) is 6.92 Å². The minimum atomic E-state index is -3.55. The van der Waals surface area contributed by atoms with Crippen molar-refractivity contribution in [3.8, 4) is 0 Å². The standard InChI is InChI=1S/C7H7ClO2S.C3H8/c1-6-2-4-7(5-3-6)11(8,9)10;1-3-2/h2-5H,1H3;3H2,1-2H3. The van der Waals surface area contributed by atoms with Crippen molar-refractivity contribution in [1.82, 2.24) is 0 Å². The molecule has 0 aliphatic carbocycles. The van der Waals surface area contributed by atoms with Crippen molar-refractivity contribution in [2.75, 3.05) is 0 Å². The van der Waals surface area contributed by atoms with Gasteiger partial charge in [0.1, 0.15) is 0 Å². The molecule has 0 bridgehead atoms. The Balaban J connectivity index is 0.000000500. The van der Waals surface area contributed by atoms with Crippen LogP contribution < -0.4 is 0 Å². The smallest absolute Gasteiger partial charge is 0.207 e. The van der Waals surface area contributed by atoms with E-state index in [1.165, 1.54) is 18.6 Å². The zero-order valence-corrected chi connectivity index (χ0v) is 10.2. The molecule has 14 heavy (non-hydrogen) atoms. The maximum absolute atomic E-state index is 10.7. The highest BCUT2D eigenvalue weighted by atomic mass is 35.7. The highest BCUT2D eigenvalue weighted by molar-refractivity contribution is 8.13. The first-order chi connectivity index (χ1) is 6.41. The molecule has 0 saturated carbocycles. The van der Waals surface area contributed by atoms with Crippen molar-refractivity contribution in [1.29, 1.82) is 0 Å². The van der Waals surface area contributed by atoms with E-state index < -0.39 is 9.05 Å². The first kappa shape index (κ1) is 13.5. The van der Waals surface area contributed by atoms with Gasteiger partial charge in [0.15, 0.2) is 0 Å². The van der Waals surface area contributed by atoms with Crippen molar-refractivity contribution in [2.45, 2.75) is 32.1 Å². The molecule has 0 fully saturated rings. The van der Waals surface area contributed by atoms with Crippen LogP contribution in [0.5, 0.6) is 0 Å². The quantitative estimate of drug-likeness (QED) is 0.699. The van der Waals surface area contributed by atoms with Crippen LogP contribution >= 0.6 is 10.7 Å². The fourth-order valence-corrected chi connectivity index (χ4v) is 1.47. The van der Waals surface area contributed by atoms with Gasteiger partial charge < -0.3 is 0 Å². The summed E-state index contributed by atoms with van der Waals surface area (Å²) >= 11 is 0. The average Bonchev–Trinajstić information content (AvgIpc) is 2.04. The first-order valence-corrected chi connectivity index (χ1v) is 6.74. The number of hydrogen-bond acceptors (Lipinski definition) is 2. The number of hydrogen-bond donors (Lipinski definition) is 0. The van der Waals surface area contributed by atoms with E-state index in [0.29, 0.717) is 0 Å². The Hall–Kier alpha value is -0.540. The van der Waals surface area contributed by atoms with Gasteiger partial charge in [-0.25, -0.2) is 8.42 Å². The lowest BCUT2D eigenvalue weighted by molar-refractivity contribution is 0.609. The lowest BCUT2D eigenvalue weighted by Gasteiger charge is -1.94. The van der Waals surface area contributed by atoms with E-state index in [0.717, 1.165) is 5.56 Å². The molecular formula is C10H15ClO2S. The summed E-state index contributed by atoms with van der Waals surface area (Å²) in [4.78, 5) is 0.143. The Bertz CT molecular complexity index is 354. The second-order valence-electron chi connectivity index (χ2n) is 2.96. The molecule has 0 atom stereocenters. The van der Waals surface area contributed by atoms with E-state index in [4.69, 9.17) is 10.7 Å². The summed E-state index contributed by atoms with van der Waals surface area (Å²) in [5.41, 5.74) is 1.01.